The van der Waals surface area contributed by atoms with Gasteiger partial charge in [0.2, 0.25) is 0 Å². The molecule has 1 N–H and O–H groups in total. The number of carboxylic acid groups (broad SMARTS) is 1. The Morgan fingerprint density at radius 1 is 1.32 bits per heavy atom. The molecule has 2 rings (SSSR count). The van der Waals surface area contributed by atoms with E-state index in [1.54, 1.807) is 25.7 Å². The summed E-state index contributed by atoms with van der Waals surface area (Å²) in [7, 11) is 3.38. The van der Waals surface area contributed by atoms with Crippen LogP contribution < -0.4 is 0 Å². The van der Waals surface area contributed by atoms with Crippen molar-refractivity contribution in [2.24, 2.45) is 13.0 Å². The van der Waals surface area contributed by atoms with Gasteiger partial charge in [-0.25, -0.2) is 0 Å². The molecule has 1 amide bonds. The van der Waals surface area contributed by atoms with Gasteiger partial charge in [-0.15, -0.1) is 0 Å². The van der Waals surface area contributed by atoms with E-state index in [9.17, 15) is 9.59 Å². The lowest BCUT2D eigenvalue weighted by atomic mass is 10.1. The molecule has 0 spiro atoms. The van der Waals surface area contributed by atoms with Crippen molar-refractivity contribution >= 4 is 11.9 Å². The first kappa shape index (κ1) is 15.8. The lowest BCUT2D eigenvalue weighted by Gasteiger charge is -2.19. The van der Waals surface area contributed by atoms with Crippen molar-refractivity contribution in [2.45, 2.75) is 6.92 Å². The molecular weight excluding hydrogens is 282 g/mol. The maximum Gasteiger partial charge on any atom is 0.308 e. The molecule has 1 aromatic carbocycles. The van der Waals surface area contributed by atoms with E-state index in [2.05, 4.69) is 5.10 Å². The maximum atomic E-state index is 12.6. The second-order valence-electron chi connectivity index (χ2n) is 5.32. The number of carbonyl (C=O) groups excluding carboxylic acids is 1. The van der Waals surface area contributed by atoms with Crippen molar-refractivity contribution in [3.63, 3.8) is 0 Å². The maximum absolute atomic E-state index is 12.6. The van der Waals surface area contributed by atoms with Crippen LogP contribution in [-0.4, -0.2) is 45.3 Å². The number of nitrogens with zero attached hydrogens (tertiary/aromatic N) is 3. The molecule has 0 aliphatic carbocycles. The van der Waals surface area contributed by atoms with Gasteiger partial charge in [-0.1, -0.05) is 37.3 Å². The van der Waals surface area contributed by atoms with Crippen LogP contribution in [0.4, 0.5) is 0 Å². The summed E-state index contributed by atoms with van der Waals surface area (Å²) in [5.41, 5.74) is 2.08. The minimum atomic E-state index is -0.922. The normalized spacial score (nSPS) is 12.0. The fourth-order valence-electron chi connectivity index (χ4n) is 2.31. The van der Waals surface area contributed by atoms with Gasteiger partial charge in [-0.2, -0.15) is 5.10 Å². The number of benzene rings is 1. The van der Waals surface area contributed by atoms with Crippen LogP contribution in [0.1, 0.15) is 17.3 Å². The van der Waals surface area contributed by atoms with Crippen LogP contribution >= 0.6 is 0 Å². The van der Waals surface area contributed by atoms with Crippen LogP contribution in [0.5, 0.6) is 0 Å². The number of rotatable bonds is 5. The van der Waals surface area contributed by atoms with Crippen LogP contribution in [0.15, 0.2) is 36.5 Å². The van der Waals surface area contributed by atoms with E-state index >= 15 is 0 Å². The Kier molecular flexibility index (Phi) is 4.60. The van der Waals surface area contributed by atoms with E-state index in [4.69, 9.17) is 5.11 Å². The van der Waals surface area contributed by atoms with Crippen LogP contribution in [0, 0.1) is 5.92 Å². The Bertz CT molecular complexity index is 679. The summed E-state index contributed by atoms with van der Waals surface area (Å²) >= 11 is 0. The highest BCUT2D eigenvalue weighted by atomic mass is 16.4. The number of aliphatic carboxylic acids is 1. The van der Waals surface area contributed by atoms with E-state index in [0.717, 1.165) is 11.3 Å². The quantitative estimate of drug-likeness (QED) is 0.915. The zero-order chi connectivity index (χ0) is 16.3. The summed E-state index contributed by atoms with van der Waals surface area (Å²) in [5.74, 6) is -1.78. The number of amides is 1. The molecule has 1 heterocycles. The highest BCUT2D eigenvalue weighted by Crippen LogP contribution is 2.24. The first-order chi connectivity index (χ1) is 10.4. The average Bonchev–Trinajstić information content (AvgIpc) is 2.88. The monoisotopic (exact) mass is 301 g/mol. The Balaban J connectivity index is 2.30. The largest absolute Gasteiger partial charge is 0.481 e. The third kappa shape index (κ3) is 3.16. The lowest BCUT2D eigenvalue weighted by molar-refractivity contribution is -0.141. The van der Waals surface area contributed by atoms with E-state index in [-0.39, 0.29) is 12.5 Å². The molecule has 0 radical (unpaired) electrons. The number of hydrogen-bond acceptors (Lipinski definition) is 3. The van der Waals surface area contributed by atoms with Crippen LogP contribution in [0.2, 0.25) is 0 Å². The molecule has 0 saturated carbocycles. The van der Waals surface area contributed by atoms with Gasteiger partial charge in [0.25, 0.3) is 5.91 Å². The summed E-state index contributed by atoms with van der Waals surface area (Å²) in [6, 6.07) is 9.52. The standard InChI is InChI=1S/C16H19N3O3/c1-11(16(21)22)10-18(2)15(20)13-9-17-19(3)14(13)12-7-5-4-6-8-12/h4-9,11H,10H2,1-3H3,(H,21,22). The van der Waals surface area contributed by atoms with Crippen molar-refractivity contribution in [1.29, 1.82) is 0 Å². The summed E-state index contributed by atoms with van der Waals surface area (Å²) < 4.78 is 1.65. The van der Waals surface area contributed by atoms with Gasteiger partial charge in [0, 0.05) is 26.2 Å². The minimum Gasteiger partial charge on any atom is -0.481 e. The summed E-state index contributed by atoms with van der Waals surface area (Å²) in [5, 5.41) is 13.1. The van der Waals surface area contributed by atoms with Crippen molar-refractivity contribution in [3.8, 4) is 11.3 Å². The molecule has 0 aliphatic rings. The van der Waals surface area contributed by atoms with Crippen molar-refractivity contribution in [1.82, 2.24) is 14.7 Å². The number of hydrogen-bond donors (Lipinski definition) is 1. The fraction of sp³-hybridized carbons (Fsp3) is 0.312. The van der Waals surface area contributed by atoms with E-state index in [1.807, 2.05) is 30.3 Å². The van der Waals surface area contributed by atoms with E-state index in [1.165, 1.54) is 11.1 Å². The second kappa shape index (κ2) is 6.43. The number of aromatic nitrogens is 2. The molecule has 22 heavy (non-hydrogen) atoms. The Hall–Kier alpha value is -2.63. The predicted molar refractivity (Wildman–Crippen MR) is 82.4 cm³/mol. The van der Waals surface area contributed by atoms with Crippen LogP contribution in [-0.2, 0) is 11.8 Å². The number of carboxylic acids is 1. The van der Waals surface area contributed by atoms with Gasteiger partial charge < -0.3 is 10.0 Å². The van der Waals surface area contributed by atoms with Gasteiger partial charge in [-0.05, 0) is 0 Å². The summed E-state index contributed by atoms with van der Waals surface area (Å²) in [4.78, 5) is 24.9. The minimum absolute atomic E-state index is 0.150. The zero-order valence-corrected chi connectivity index (χ0v) is 12.9. The molecule has 0 fully saturated rings. The highest BCUT2D eigenvalue weighted by Gasteiger charge is 2.23. The molecule has 116 valence electrons. The predicted octanol–water partition coefficient (Wildman–Crippen LogP) is 1.88. The fourth-order valence-corrected chi connectivity index (χ4v) is 2.31. The molecule has 1 unspecified atom stereocenters. The van der Waals surface area contributed by atoms with Crippen molar-refractivity contribution in [2.75, 3.05) is 13.6 Å². The van der Waals surface area contributed by atoms with Gasteiger partial charge >= 0.3 is 5.97 Å². The zero-order valence-electron chi connectivity index (χ0n) is 12.9. The lowest BCUT2D eigenvalue weighted by Crippen LogP contribution is -2.33. The van der Waals surface area contributed by atoms with E-state index < -0.39 is 11.9 Å². The van der Waals surface area contributed by atoms with Gasteiger partial charge in [0.15, 0.2) is 0 Å². The first-order valence-corrected chi connectivity index (χ1v) is 6.97. The average molecular weight is 301 g/mol. The molecular formula is C16H19N3O3. The molecule has 0 bridgehead atoms. The number of aryl methyl sites for hydroxylation is 1. The first-order valence-electron chi connectivity index (χ1n) is 6.97. The summed E-state index contributed by atoms with van der Waals surface area (Å²) in [6.07, 6.45) is 1.52. The molecule has 0 aliphatic heterocycles. The molecule has 6 heteroatoms. The second-order valence-corrected chi connectivity index (χ2v) is 5.32. The van der Waals surface area contributed by atoms with Gasteiger partial charge in [0.1, 0.15) is 0 Å². The third-order valence-electron chi connectivity index (χ3n) is 3.53. The Morgan fingerprint density at radius 3 is 2.55 bits per heavy atom. The van der Waals surface area contributed by atoms with Crippen LogP contribution in [0.25, 0.3) is 11.3 Å². The molecule has 2 aromatic rings. The van der Waals surface area contributed by atoms with Gasteiger partial charge in [-0.3, -0.25) is 14.3 Å². The smallest absolute Gasteiger partial charge is 0.308 e. The third-order valence-corrected chi connectivity index (χ3v) is 3.53. The van der Waals surface area contributed by atoms with Gasteiger partial charge in [0.05, 0.1) is 23.4 Å². The van der Waals surface area contributed by atoms with E-state index in [0.29, 0.717) is 5.56 Å². The molecule has 1 aromatic heterocycles. The molecule has 6 nitrogen and oxygen atoms in total. The highest BCUT2D eigenvalue weighted by molar-refractivity contribution is 5.99. The Morgan fingerprint density at radius 2 is 1.95 bits per heavy atom. The SMILES string of the molecule is CC(CN(C)C(=O)c1cnn(C)c1-c1ccccc1)C(=O)O. The van der Waals surface area contributed by atoms with Crippen LogP contribution in [0.3, 0.4) is 0 Å². The topological polar surface area (TPSA) is 75.4 Å². The van der Waals surface area contributed by atoms with Crippen molar-refractivity contribution < 1.29 is 14.7 Å². The summed E-state index contributed by atoms with van der Waals surface area (Å²) in [6.45, 7) is 1.73. The number of carbonyl (C=O) groups is 2. The Labute approximate surface area is 129 Å². The van der Waals surface area contributed by atoms with Crippen molar-refractivity contribution in [3.05, 3.63) is 42.1 Å². The molecule has 1 atom stereocenters. The molecule has 0 saturated heterocycles.